The van der Waals surface area contributed by atoms with E-state index in [0.29, 0.717) is 16.7 Å². The molecule has 0 atom stereocenters. The summed E-state index contributed by atoms with van der Waals surface area (Å²) in [6.07, 6.45) is 0.977. The van der Waals surface area contributed by atoms with Crippen LogP contribution in [0.3, 0.4) is 0 Å². The van der Waals surface area contributed by atoms with Gasteiger partial charge in [0.05, 0.1) is 5.75 Å². The molecule has 1 aromatic carbocycles. The van der Waals surface area contributed by atoms with Crippen LogP contribution in [0.2, 0.25) is 0 Å². The molecule has 2 N–H and O–H groups in total. The summed E-state index contributed by atoms with van der Waals surface area (Å²) in [5.41, 5.74) is 2.32. The fourth-order valence-corrected chi connectivity index (χ4v) is 3.32. The molecular formula is C17H24N8S. The van der Waals surface area contributed by atoms with E-state index in [1.807, 2.05) is 12.1 Å². The maximum atomic E-state index is 6.21. The quantitative estimate of drug-likeness (QED) is 0.524. The topological polar surface area (TPSA) is 100 Å². The lowest BCUT2D eigenvalue weighted by Crippen LogP contribution is -2.13. The smallest absolute Gasteiger partial charge is 0.210 e. The van der Waals surface area contributed by atoms with Gasteiger partial charge in [-0.15, -0.1) is 15.3 Å². The van der Waals surface area contributed by atoms with Crippen LogP contribution in [0, 0.1) is 0 Å². The minimum absolute atomic E-state index is 0.110. The van der Waals surface area contributed by atoms with E-state index in [9.17, 15) is 0 Å². The van der Waals surface area contributed by atoms with Crippen LogP contribution in [-0.2, 0) is 17.7 Å². The molecule has 0 saturated carbocycles. The van der Waals surface area contributed by atoms with Crippen molar-refractivity contribution in [2.45, 2.75) is 57.0 Å². The normalized spacial score (nSPS) is 11.8. The maximum Gasteiger partial charge on any atom is 0.210 e. The van der Waals surface area contributed by atoms with Crippen molar-refractivity contribution in [1.82, 2.24) is 35.1 Å². The van der Waals surface area contributed by atoms with Gasteiger partial charge in [-0.25, -0.2) is 9.36 Å². The van der Waals surface area contributed by atoms with Crippen LogP contribution in [0.4, 0.5) is 0 Å². The molecule has 0 fully saturated rings. The Morgan fingerprint density at radius 3 is 2.46 bits per heavy atom. The Kier molecular flexibility index (Phi) is 5.26. The van der Waals surface area contributed by atoms with Gasteiger partial charge in [-0.3, -0.25) is 0 Å². The van der Waals surface area contributed by atoms with Crippen molar-refractivity contribution in [3.05, 3.63) is 35.7 Å². The molecule has 0 amide bonds. The summed E-state index contributed by atoms with van der Waals surface area (Å²) in [6.45, 7) is 9.45. The zero-order valence-electron chi connectivity index (χ0n) is 15.5. The predicted octanol–water partition coefficient (Wildman–Crippen LogP) is 2.65. The van der Waals surface area contributed by atoms with Gasteiger partial charge in [-0.1, -0.05) is 63.7 Å². The Hall–Kier alpha value is -2.42. The number of hydrogen-bond donors (Lipinski definition) is 1. The monoisotopic (exact) mass is 372 g/mol. The number of benzene rings is 1. The van der Waals surface area contributed by atoms with E-state index in [2.05, 4.69) is 65.6 Å². The summed E-state index contributed by atoms with van der Waals surface area (Å²) in [5.74, 6) is 8.24. The summed E-state index contributed by atoms with van der Waals surface area (Å²) in [6, 6.07) is 8.28. The lowest BCUT2D eigenvalue weighted by atomic mass is 9.87. The third kappa shape index (κ3) is 3.87. The van der Waals surface area contributed by atoms with Crippen molar-refractivity contribution < 1.29 is 0 Å². The van der Waals surface area contributed by atoms with Gasteiger partial charge < -0.3 is 5.84 Å². The molecule has 3 aromatic rings. The molecule has 0 spiro atoms. The third-order valence-corrected chi connectivity index (χ3v) is 4.98. The summed E-state index contributed by atoms with van der Waals surface area (Å²) >= 11 is 1.47. The lowest BCUT2D eigenvalue weighted by Gasteiger charge is -2.19. The number of tetrazole rings is 1. The van der Waals surface area contributed by atoms with E-state index < -0.39 is 0 Å². The molecular weight excluding hydrogens is 348 g/mol. The van der Waals surface area contributed by atoms with Gasteiger partial charge in [0.2, 0.25) is 5.16 Å². The number of aromatic nitrogens is 7. The number of nitrogens with zero attached hydrogens (tertiary/aromatic N) is 7. The summed E-state index contributed by atoms with van der Waals surface area (Å²) in [7, 11) is 0. The molecule has 8 nitrogen and oxygen atoms in total. The van der Waals surface area contributed by atoms with Crippen molar-refractivity contribution in [3.63, 3.8) is 0 Å². The number of aryl methyl sites for hydroxylation is 1. The van der Waals surface area contributed by atoms with Crippen LogP contribution in [0.5, 0.6) is 0 Å². The van der Waals surface area contributed by atoms with Crippen LogP contribution in [-0.4, -0.2) is 35.1 Å². The van der Waals surface area contributed by atoms with Crippen LogP contribution < -0.4 is 5.84 Å². The van der Waals surface area contributed by atoms with Gasteiger partial charge in [-0.2, -0.15) is 0 Å². The zero-order valence-corrected chi connectivity index (χ0v) is 16.4. The largest absolute Gasteiger partial charge is 0.335 e. The highest BCUT2D eigenvalue weighted by molar-refractivity contribution is 7.98. The van der Waals surface area contributed by atoms with Crippen LogP contribution in [0.1, 0.15) is 45.5 Å². The van der Waals surface area contributed by atoms with Gasteiger partial charge in [0.1, 0.15) is 0 Å². The Morgan fingerprint density at radius 2 is 1.81 bits per heavy atom. The molecule has 2 heterocycles. The van der Waals surface area contributed by atoms with Crippen molar-refractivity contribution in [3.8, 4) is 11.4 Å². The Labute approximate surface area is 157 Å². The first-order valence-electron chi connectivity index (χ1n) is 8.59. The fraction of sp³-hybridized carbons (Fsp3) is 0.471. The van der Waals surface area contributed by atoms with E-state index in [1.54, 1.807) is 4.68 Å². The molecule has 26 heavy (non-hydrogen) atoms. The third-order valence-electron chi connectivity index (χ3n) is 4.05. The van der Waals surface area contributed by atoms with Crippen molar-refractivity contribution in [2.75, 3.05) is 5.84 Å². The molecule has 138 valence electrons. The SMILES string of the molecule is CCCn1nnnc1CSc1nnc(-c2ccc(C(C)(C)C)cc2)n1N. The highest BCUT2D eigenvalue weighted by Gasteiger charge is 2.16. The first-order valence-corrected chi connectivity index (χ1v) is 9.58. The molecule has 0 radical (unpaired) electrons. The van der Waals surface area contributed by atoms with E-state index in [-0.39, 0.29) is 5.41 Å². The number of nitrogens with two attached hydrogens (primary N) is 1. The number of hydrogen-bond acceptors (Lipinski definition) is 7. The van der Waals surface area contributed by atoms with E-state index in [0.717, 1.165) is 24.4 Å². The molecule has 0 aliphatic heterocycles. The molecule has 0 unspecified atom stereocenters. The van der Waals surface area contributed by atoms with E-state index in [1.165, 1.54) is 22.0 Å². The fourth-order valence-electron chi connectivity index (χ4n) is 2.53. The Bertz CT molecular complexity index is 860. The second-order valence-corrected chi connectivity index (χ2v) is 8.05. The standard InChI is InChI=1S/C17H24N8S/c1-5-10-24-14(19-22-23-24)11-26-16-21-20-15(25(16)18)12-6-8-13(9-7-12)17(2,3)4/h6-9H,5,10-11,18H2,1-4H3. The predicted molar refractivity (Wildman–Crippen MR) is 102 cm³/mol. The minimum Gasteiger partial charge on any atom is -0.335 e. The van der Waals surface area contributed by atoms with E-state index >= 15 is 0 Å². The zero-order chi connectivity index (χ0) is 18.7. The first-order chi connectivity index (χ1) is 12.4. The highest BCUT2D eigenvalue weighted by Crippen LogP contribution is 2.27. The van der Waals surface area contributed by atoms with Gasteiger partial charge >= 0.3 is 0 Å². The van der Waals surface area contributed by atoms with Gasteiger partial charge in [0.15, 0.2) is 11.6 Å². The van der Waals surface area contributed by atoms with Crippen molar-refractivity contribution >= 4 is 11.8 Å². The summed E-state index contributed by atoms with van der Waals surface area (Å²) in [5, 5.41) is 20.9. The van der Waals surface area contributed by atoms with Gasteiger partial charge in [-0.05, 0) is 27.8 Å². The average Bonchev–Trinajstić information content (AvgIpc) is 3.19. The van der Waals surface area contributed by atoms with Gasteiger partial charge in [0, 0.05) is 12.1 Å². The van der Waals surface area contributed by atoms with E-state index in [4.69, 9.17) is 5.84 Å². The molecule has 2 aromatic heterocycles. The molecule has 3 rings (SSSR count). The molecule has 0 saturated heterocycles. The summed E-state index contributed by atoms with van der Waals surface area (Å²) < 4.78 is 3.32. The van der Waals surface area contributed by atoms with Crippen LogP contribution in [0.15, 0.2) is 29.4 Å². The number of thioether (sulfide) groups is 1. The van der Waals surface area contributed by atoms with Crippen molar-refractivity contribution in [2.24, 2.45) is 0 Å². The van der Waals surface area contributed by atoms with Gasteiger partial charge in [0.25, 0.3) is 0 Å². The molecule has 0 bridgehead atoms. The molecule has 0 aliphatic rings. The second-order valence-electron chi connectivity index (χ2n) is 7.11. The summed E-state index contributed by atoms with van der Waals surface area (Å²) in [4.78, 5) is 0. The Morgan fingerprint density at radius 1 is 1.08 bits per heavy atom. The maximum absolute atomic E-state index is 6.21. The number of nitrogen functional groups attached to an aromatic ring is 1. The second kappa shape index (κ2) is 7.45. The Balaban J connectivity index is 1.74. The average molecular weight is 373 g/mol. The van der Waals surface area contributed by atoms with Crippen LogP contribution in [0.25, 0.3) is 11.4 Å². The minimum atomic E-state index is 0.110. The van der Waals surface area contributed by atoms with Crippen molar-refractivity contribution in [1.29, 1.82) is 0 Å². The molecule has 0 aliphatic carbocycles. The van der Waals surface area contributed by atoms with Crippen LogP contribution >= 0.6 is 11.8 Å². The lowest BCUT2D eigenvalue weighted by molar-refractivity contribution is 0.564. The molecule has 9 heteroatoms. The first kappa shape index (κ1) is 18.4. The number of rotatable bonds is 6. The highest BCUT2D eigenvalue weighted by atomic mass is 32.2.